The van der Waals surface area contributed by atoms with E-state index >= 15 is 0 Å². The van der Waals surface area contributed by atoms with Gasteiger partial charge in [-0.15, -0.1) is 0 Å². The molecule has 154 valence electrons. The first-order valence-electron chi connectivity index (χ1n) is 9.56. The van der Waals surface area contributed by atoms with Crippen LogP contribution in [-0.2, 0) is 9.53 Å². The van der Waals surface area contributed by atoms with Crippen molar-refractivity contribution in [1.29, 1.82) is 0 Å². The Bertz CT molecular complexity index is 986. The monoisotopic (exact) mass is 408 g/mol. The number of hydrogen-bond donors (Lipinski definition) is 2. The number of halogens is 1. The first-order valence-corrected chi connectivity index (χ1v) is 9.56. The Labute approximate surface area is 173 Å². The Kier molecular flexibility index (Phi) is 6.21. The van der Waals surface area contributed by atoms with Gasteiger partial charge in [0.15, 0.2) is 0 Å². The minimum absolute atomic E-state index is 0.152. The fraction of sp³-hybridized carbons (Fsp3) is 0.238. The van der Waals surface area contributed by atoms with E-state index in [1.165, 1.54) is 12.1 Å². The van der Waals surface area contributed by atoms with Gasteiger partial charge < -0.3 is 15.4 Å². The van der Waals surface area contributed by atoms with E-state index in [9.17, 15) is 9.18 Å². The van der Waals surface area contributed by atoms with Crippen LogP contribution in [0, 0.1) is 5.82 Å². The lowest BCUT2D eigenvalue weighted by atomic mass is 10.2. The van der Waals surface area contributed by atoms with Crippen molar-refractivity contribution in [3.8, 4) is 0 Å². The Balaban J connectivity index is 1.33. The van der Waals surface area contributed by atoms with Gasteiger partial charge in [0.25, 0.3) is 0 Å². The predicted molar refractivity (Wildman–Crippen MR) is 110 cm³/mol. The third-order valence-electron chi connectivity index (χ3n) is 4.60. The molecular formula is C21H21FN6O2. The molecule has 0 saturated carbocycles. The molecular weight excluding hydrogens is 387 g/mol. The van der Waals surface area contributed by atoms with Crippen LogP contribution < -0.4 is 10.6 Å². The minimum Gasteiger partial charge on any atom is -0.369 e. The van der Waals surface area contributed by atoms with Gasteiger partial charge in [-0.2, -0.15) is 0 Å². The van der Waals surface area contributed by atoms with E-state index in [0.29, 0.717) is 25.6 Å². The van der Waals surface area contributed by atoms with Gasteiger partial charge in [-0.05, 0) is 30.3 Å². The summed E-state index contributed by atoms with van der Waals surface area (Å²) in [7, 11) is 0. The highest BCUT2D eigenvalue weighted by Gasteiger charge is 2.24. The first-order chi connectivity index (χ1) is 14.7. The molecule has 1 aliphatic heterocycles. The summed E-state index contributed by atoms with van der Waals surface area (Å²) in [4.78, 5) is 27.0. The lowest BCUT2D eigenvalue weighted by Gasteiger charge is -2.32. The number of morpholine rings is 1. The standard InChI is InChI=1S/C21H21FN6O2/c22-16-4-1-2-5-17(16)27-20(29)14-28-10-11-30-19(13-28)18-7-6-15(12-25-18)26-21-23-8-3-9-24-21/h1-9,12,19H,10-11,13-14H2,(H,27,29)(H,23,24,26)/t19-/m0/s1. The molecule has 3 heterocycles. The van der Waals surface area contributed by atoms with Crippen LogP contribution in [0.1, 0.15) is 11.8 Å². The number of anilines is 3. The molecule has 1 fully saturated rings. The lowest BCUT2D eigenvalue weighted by Crippen LogP contribution is -2.42. The number of para-hydroxylation sites is 1. The summed E-state index contributed by atoms with van der Waals surface area (Å²) in [5, 5.41) is 5.69. The zero-order valence-electron chi connectivity index (χ0n) is 16.2. The molecule has 0 unspecified atom stereocenters. The molecule has 1 atom stereocenters. The number of hydrogen-bond acceptors (Lipinski definition) is 7. The van der Waals surface area contributed by atoms with E-state index in [1.54, 1.807) is 36.8 Å². The number of ether oxygens (including phenoxy) is 1. The zero-order valence-corrected chi connectivity index (χ0v) is 16.2. The summed E-state index contributed by atoms with van der Waals surface area (Å²) in [5.74, 6) is -0.228. The van der Waals surface area contributed by atoms with Crippen LogP contribution in [0.2, 0.25) is 0 Å². The van der Waals surface area contributed by atoms with Gasteiger partial charge in [-0.3, -0.25) is 14.7 Å². The van der Waals surface area contributed by atoms with Gasteiger partial charge in [0.05, 0.1) is 36.4 Å². The van der Waals surface area contributed by atoms with Crippen molar-refractivity contribution in [1.82, 2.24) is 19.9 Å². The van der Waals surface area contributed by atoms with Crippen LogP contribution >= 0.6 is 0 Å². The summed E-state index contributed by atoms with van der Waals surface area (Å²) < 4.78 is 19.5. The summed E-state index contributed by atoms with van der Waals surface area (Å²) in [6.45, 7) is 1.77. The van der Waals surface area contributed by atoms with Crippen molar-refractivity contribution in [3.05, 3.63) is 72.6 Å². The Hall–Kier alpha value is -3.43. The quantitative estimate of drug-likeness (QED) is 0.648. The molecule has 0 aliphatic carbocycles. The number of aromatic nitrogens is 3. The van der Waals surface area contributed by atoms with E-state index < -0.39 is 5.82 Å². The molecule has 9 heteroatoms. The summed E-state index contributed by atoms with van der Waals surface area (Å²) in [6, 6.07) is 11.6. The van der Waals surface area contributed by atoms with E-state index in [2.05, 4.69) is 25.6 Å². The highest BCUT2D eigenvalue weighted by molar-refractivity contribution is 5.92. The average Bonchev–Trinajstić information content (AvgIpc) is 2.77. The van der Waals surface area contributed by atoms with Crippen molar-refractivity contribution < 1.29 is 13.9 Å². The smallest absolute Gasteiger partial charge is 0.238 e. The second-order valence-corrected chi connectivity index (χ2v) is 6.79. The average molecular weight is 408 g/mol. The molecule has 1 saturated heterocycles. The minimum atomic E-state index is -0.454. The maximum atomic E-state index is 13.7. The maximum absolute atomic E-state index is 13.7. The zero-order chi connectivity index (χ0) is 20.8. The van der Waals surface area contributed by atoms with Crippen LogP contribution in [0.5, 0.6) is 0 Å². The van der Waals surface area contributed by atoms with E-state index in [0.717, 1.165) is 11.4 Å². The van der Waals surface area contributed by atoms with Crippen LogP contribution in [0.15, 0.2) is 61.1 Å². The number of rotatable bonds is 6. The van der Waals surface area contributed by atoms with Crippen molar-refractivity contribution in [2.45, 2.75) is 6.10 Å². The van der Waals surface area contributed by atoms with Gasteiger partial charge >= 0.3 is 0 Å². The Morgan fingerprint density at radius 3 is 2.73 bits per heavy atom. The van der Waals surface area contributed by atoms with Gasteiger partial charge in [0.1, 0.15) is 11.9 Å². The second kappa shape index (κ2) is 9.38. The van der Waals surface area contributed by atoms with Crippen molar-refractivity contribution in [3.63, 3.8) is 0 Å². The van der Waals surface area contributed by atoms with E-state index in [4.69, 9.17) is 4.74 Å². The molecule has 30 heavy (non-hydrogen) atoms. The number of carbonyl (C=O) groups is 1. The Morgan fingerprint density at radius 2 is 1.97 bits per heavy atom. The fourth-order valence-electron chi connectivity index (χ4n) is 3.14. The topological polar surface area (TPSA) is 92.3 Å². The number of amides is 1. The Morgan fingerprint density at radius 1 is 1.13 bits per heavy atom. The first kappa shape index (κ1) is 19.9. The van der Waals surface area contributed by atoms with Crippen LogP contribution in [0.3, 0.4) is 0 Å². The normalized spacial score (nSPS) is 16.8. The van der Waals surface area contributed by atoms with Crippen molar-refractivity contribution in [2.75, 3.05) is 36.9 Å². The number of nitrogens with zero attached hydrogens (tertiary/aromatic N) is 4. The maximum Gasteiger partial charge on any atom is 0.238 e. The highest BCUT2D eigenvalue weighted by Crippen LogP contribution is 2.22. The van der Waals surface area contributed by atoms with Crippen molar-refractivity contribution in [2.24, 2.45) is 0 Å². The lowest BCUT2D eigenvalue weighted by molar-refractivity contribution is -0.119. The fourth-order valence-corrected chi connectivity index (χ4v) is 3.14. The molecule has 0 bridgehead atoms. The summed E-state index contributed by atoms with van der Waals surface area (Å²) >= 11 is 0. The van der Waals surface area contributed by atoms with Crippen LogP contribution in [-0.4, -0.2) is 52.0 Å². The highest BCUT2D eigenvalue weighted by atomic mass is 19.1. The molecule has 4 rings (SSSR count). The molecule has 0 radical (unpaired) electrons. The molecule has 2 aromatic heterocycles. The van der Waals surface area contributed by atoms with Crippen molar-refractivity contribution >= 4 is 23.2 Å². The van der Waals surface area contributed by atoms with Gasteiger partial charge in [0, 0.05) is 25.5 Å². The van der Waals surface area contributed by atoms with Gasteiger partial charge in [-0.25, -0.2) is 14.4 Å². The second-order valence-electron chi connectivity index (χ2n) is 6.79. The molecule has 2 N–H and O–H groups in total. The molecule has 3 aromatic rings. The van der Waals surface area contributed by atoms with Crippen LogP contribution in [0.4, 0.5) is 21.7 Å². The SMILES string of the molecule is O=C(CN1CCO[C@H](c2ccc(Nc3ncccn3)cn2)C1)Nc1ccccc1F. The molecule has 1 aliphatic rings. The number of benzene rings is 1. The van der Waals surface area contributed by atoms with Gasteiger partial charge in [-0.1, -0.05) is 12.1 Å². The number of nitrogens with one attached hydrogen (secondary N) is 2. The van der Waals surface area contributed by atoms with Gasteiger partial charge in [0.2, 0.25) is 11.9 Å². The molecule has 8 nitrogen and oxygen atoms in total. The molecule has 1 aromatic carbocycles. The molecule has 0 spiro atoms. The third-order valence-corrected chi connectivity index (χ3v) is 4.60. The number of carbonyl (C=O) groups excluding carboxylic acids is 1. The predicted octanol–water partition coefficient (Wildman–Crippen LogP) is 2.77. The van der Waals surface area contributed by atoms with E-state index in [-0.39, 0.29) is 24.2 Å². The summed E-state index contributed by atoms with van der Waals surface area (Å²) in [5.41, 5.74) is 1.72. The molecule has 1 amide bonds. The van der Waals surface area contributed by atoms with E-state index in [1.807, 2.05) is 17.0 Å². The largest absolute Gasteiger partial charge is 0.369 e. The van der Waals surface area contributed by atoms with Crippen LogP contribution in [0.25, 0.3) is 0 Å². The summed E-state index contributed by atoms with van der Waals surface area (Å²) in [6.07, 6.45) is 4.76. The third kappa shape index (κ3) is 5.13. The number of pyridine rings is 1.